The summed E-state index contributed by atoms with van der Waals surface area (Å²) in [7, 11) is 0. The van der Waals surface area contributed by atoms with Crippen LogP contribution in [0.1, 0.15) is 24.1 Å². The number of hydrogen-bond donors (Lipinski definition) is 2. The molecule has 1 aromatic carbocycles. The molecule has 72 valence electrons. The Balaban J connectivity index is 3.05. The fraction of sp³-hybridized carbons (Fsp3) is 0.400. The highest BCUT2D eigenvalue weighted by Gasteiger charge is 2.14. The van der Waals surface area contributed by atoms with Crippen molar-refractivity contribution < 1.29 is 5.11 Å². The molecule has 13 heavy (non-hydrogen) atoms. The van der Waals surface area contributed by atoms with Gasteiger partial charge in [0, 0.05) is 5.02 Å². The van der Waals surface area contributed by atoms with Crippen LogP contribution >= 0.6 is 11.6 Å². The zero-order chi connectivity index (χ0) is 10.0. The van der Waals surface area contributed by atoms with Crippen LogP contribution in [-0.2, 0) is 0 Å². The Morgan fingerprint density at radius 3 is 2.62 bits per heavy atom. The predicted molar refractivity (Wildman–Crippen MR) is 54.8 cm³/mol. The molecule has 0 saturated carbocycles. The highest BCUT2D eigenvalue weighted by Crippen LogP contribution is 2.22. The normalized spacial score (nSPS) is 15.5. The van der Waals surface area contributed by atoms with E-state index >= 15 is 0 Å². The molecule has 0 fully saturated rings. The van der Waals surface area contributed by atoms with Crippen LogP contribution in [0.5, 0.6) is 0 Å². The van der Waals surface area contributed by atoms with Crippen molar-refractivity contribution in [2.24, 2.45) is 5.73 Å². The molecule has 0 aliphatic carbocycles. The molecule has 0 spiro atoms. The average molecular weight is 200 g/mol. The van der Waals surface area contributed by atoms with Gasteiger partial charge in [-0.05, 0) is 37.1 Å². The van der Waals surface area contributed by atoms with Crippen LogP contribution in [0.25, 0.3) is 0 Å². The number of aryl methyl sites for hydroxylation is 1. The highest BCUT2D eigenvalue weighted by atomic mass is 35.5. The molecule has 1 aromatic rings. The van der Waals surface area contributed by atoms with Crippen LogP contribution in [0, 0.1) is 6.92 Å². The molecule has 0 heterocycles. The van der Waals surface area contributed by atoms with Crippen molar-refractivity contribution in [1.82, 2.24) is 0 Å². The van der Waals surface area contributed by atoms with Gasteiger partial charge in [0.05, 0.1) is 12.1 Å². The molecular weight excluding hydrogens is 186 g/mol. The van der Waals surface area contributed by atoms with Gasteiger partial charge >= 0.3 is 0 Å². The van der Waals surface area contributed by atoms with Crippen LogP contribution in [0.4, 0.5) is 0 Å². The van der Waals surface area contributed by atoms with Gasteiger partial charge < -0.3 is 10.8 Å². The maximum Gasteiger partial charge on any atom is 0.0704 e. The number of rotatable bonds is 2. The lowest BCUT2D eigenvalue weighted by molar-refractivity contribution is 0.164. The van der Waals surface area contributed by atoms with Crippen LogP contribution in [0.3, 0.4) is 0 Å². The third-order valence-electron chi connectivity index (χ3n) is 2.12. The number of aliphatic hydroxyl groups excluding tert-OH is 1. The fourth-order valence-corrected chi connectivity index (χ4v) is 1.41. The van der Waals surface area contributed by atoms with Gasteiger partial charge in [-0.25, -0.2) is 0 Å². The van der Waals surface area contributed by atoms with E-state index in [0.29, 0.717) is 5.02 Å². The fourth-order valence-electron chi connectivity index (χ4n) is 1.23. The molecule has 0 aromatic heterocycles. The lowest BCUT2D eigenvalue weighted by atomic mass is 9.99. The van der Waals surface area contributed by atoms with Crippen LogP contribution < -0.4 is 5.73 Å². The summed E-state index contributed by atoms with van der Waals surface area (Å²) in [5.41, 5.74) is 7.76. The van der Waals surface area contributed by atoms with Gasteiger partial charge in [0.15, 0.2) is 0 Å². The summed E-state index contributed by atoms with van der Waals surface area (Å²) in [6.07, 6.45) is -0.558. The minimum Gasteiger partial charge on any atom is -0.391 e. The first kappa shape index (κ1) is 10.5. The summed E-state index contributed by atoms with van der Waals surface area (Å²) in [5, 5.41) is 9.97. The molecule has 2 atom stereocenters. The van der Waals surface area contributed by atoms with E-state index in [0.717, 1.165) is 11.1 Å². The lowest BCUT2D eigenvalue weighted by Gasteiger charge is -2.17. The molecule has 0 bridgehead atoms. The summed E-state index contributed by atoms with van der Waals surface area (Å²) in [6, 6.07) is 5.15. The number of aliphatic hydroxyl groups is 1. The largest absolute Gasteiger partial charge is 0.391 e. The summed E-state index contributed by atoms with van der Waals surface area (Å²) in [4.78, 5) is 0. The van der Waals surface area contributed by atoms with Crippen molar-refractivity contribution in [2.75, 3.05) is 0 Å². The third-order valence-corrected chi connectivity index (χ3v) is 2.36. The first-order chi connectivity index (χ1) is 6.02. The molecule has 0 aliphatic rings. The van der Waals surface area contributed by atoms with E-state index in [4.69, 9.17) is 17.3 Å². The first-order valence-electron chi connectivity index (χ1n) is 4.22. The van der Waals surface area contributed by atoms with Gasteiger partial charge in [-0.2, -0.15) is 0 Å². The van der Waals surface area contributed by atoms with Gasteiger partial charge in [0.2, 0.25) is 0 Å². The molecule has 0 aliphatic heterocycles. The second kappa shape index (κ2) is 4.09. The van der Waals surface area contributed by atoms with E-state index in [2.05, 4.69) is 0 Å². The summed E-state index contributed by atoms with van der Waals surface area (Å²) in [6.45, 7) is 3.62. The Hall–Kier alpha value is -0.570. The van der Waals surface area contributed by atoms with E-state index in [9.17, 15) is 5.11 Å². The van der Waals surface area contributed by atoms with Crippen molar-refractivity contribution in [3.05, 3.63) is 34.3 Å². The van der Waals surface area contributed by atoms with Crippen molar-refractivity contribution >= 4 is 11.6 Å². The molecule has 1 rings (SSSR count). The first-order valence-corrected chi connectivity index (χ1v) is 4.60. The van der Waals surface area contributed by atoms with Gasteiger partial charge in [-0.3, -0.25) is 0 Å². The molecule has 3 N–H and O–H groups in total. The predicted octanol–water partition coefficient (Wildman–Crippen LogP) is 2.03. The third kappa shape index (κ3) is 2.44. The minimum atomic E-state index is -0.558. The number of benzene rings is 1. The van der Waals surface area contributed by atoms with E-state index in [1.807, 2.05) is 19.1 Å². The van der Waals surface area contributed by atoms with Gasteiger partial charge in [0.1, 0.15) is 0 Å². The van der Waals surface area contributed by atoms with Gasteiger partial charge in [-0.15, -0.1) is 0 Å². The molecule has 0 amide bonds. The Kier molecular flexibility index (Phi) is 3.31. The van der Waals surface area contributed by atoms with Crippen LogP contribution in [-0.4, -0.2) is 11.2 Å². The molecule has 0 saturated heterocycles. The Labute approximate surface area is 83.3 Å². The summed E-state index contributed by atoms with van der Waals surface area (Å²) < 4.78 is 0. The second-order valence-corrected chi connectivity index (χ2v) is 3.70. The molecule has 0 radical (unpaired) electrons. The van der Waals surface area contributed by atoms with E-state index < -0.39 is 6.10 Å². The van der Waals surface area contributed by atoms with Crippen molar-refractivity contribution in [3.63, 3.8) is 0 Å². The lowest BCUT2D eigenvalue weighted by Crippen LogP contribution is -2.23. The Morgan fingerprint density at radius 2 is 2.08 bits per heavy atom. The van der Waals surface area contributed by atoms with Gasteiger partial charge in [-0.1, -0.05) is 17.7 Å². The topological polar surface area (TPSA) is 46.2 Å². The Morgan fingerprint density at radius 1 is 1.46 bits per heavy atom. The van der Waals surface area contributed by atoms with E-state index in [1.165, 1.54) is 0 Å². The average Bonchev–Trinajstić information content (AvgIpc) is 2.08. The quantitative estimate of drug-likeness (QED) is 0.766. The number of halogens is 1. The van der Waals surface area contributed by atoms with Gasteiger partial charge in [0.25, 0.3) is 0 Å². The van der Waals surface area contributed by atoms with E-state index in [-0.39, 0.29) is 6.04 Å². The SMILES string of the molecule is Cc1ccc(Cl)cc1[C@H](N)C(C)O. The zero-order valence-electron chi connectivity index (χ0n) is 7.79. The zero-order valence-corrected chi connectivity index (χ0v) is 8.55. The van der Waals surface area contributed by atoms with E-state index in [1.54, 1.807) is 13.0 Å². The molecule has 1 unspecified atom stereocenters. The minimum absolute atomic E-state index is 0.362. The molecule has 2 nitrogen and oxygen atoms in total. The maximum atomic E-state index is 9.32. The van der Waals surface area contributed by atoms with Crippen molar-refractivity contribution in [1.29, 1.82) is 0 Å². The molecule has 3 heteroatoms. The summed E-state index contributed by atoms with van der Waals surface area (Å²) in [5.74, 6) is 0. The number of nitrogens with two attached hydrogens (primary N) is 1. The Bertz CT molecular complexity index is 299. The second-order valence-electron chi connectivity index (χ2n) is 3.27. The summed E-state index contributed by atoms with van der Waals surface area (Å²) >= 11 is 5.83. The van der Waals surface area contributed by atoms with Crippen LogP contribution in [0.15, 0.2) is 18.2 Å². The monoisotopic (exact) mass is 199 g/mol. The van der Waals surface area contributed by atoms with Crippen molar-refractivity contribution in [3.8, 4) is 0 Å². The number of hydrogen-bond acceptors (Lipinski definition) is 2. The smallest absolute Gasteiger partial charge is 0.0704 e. The maximum absolute atomic E-state index is 9.32. The standard InChI is InChI=1S/C10H14ClNO/c1-6-3-4-8(11)5-9(6)10(12)7(2)13/h3-5,7,10,13H,12H2,1-2H3/t7?,10-/m1/s1. The van der Waals surface area contributed by atoms with Crippen LogP contribution in [0.2, 0.25) is 5.02 Å². The highest BCUT2D eigenvalue weighted by molar-refractivity contribution is 6.30. The molecular formula is C10H14ClNO. The van der Waals surface area contributed by atoms with Crippen molar-refractivity contribution in [2.45, 2.75) is 26.0 Å².